The Labute approximate surface area is 265 Å². The number of piperidine rings is 1. The zero-order valence-corrected chi connectivity index (χ0v) is 27.5. The van der Waals surface area contributed by atoms with Crippen molar-refractivity contribution in [2.45, 2.75) is 82.8 Å². The normalized spacial score (nSPS) is 14.2. The third-order valence-electron chi connectivity index (χ3n) is 8.26. The molecule has 0 radical (unpaired) electrons. The number of aromatic nitrogens is 4. The van der Waals surface area contributed by atoms with Crippen molar-refractivity contribution >= 4 is 44.7 Å². The smallest absolute Gasteiger partial charge is 0.233 e. The molecule has 0 spiro atoms. The predicted molar refractivity (Wildman–Crippen MR) is 177 cm³/mol. The maximum atomic E-state index is 13.1. The molecule has 5 rings (SSSR count). The molecule has 1 aliphatic heterocycles. The molecular weight excluding hydrogens is 590 g/mol. The third kappa shape index (κ3) is 7.06. The van der Waals surface area contributed by atoms with Gasteiger partial charge in [0.1, 0.15) is 5.75 Å². The van der Waals surface area contributed by atoms with Crippen LogP contribution in [0.25, 0.3) is 5.65 Å². The quantitative estimate of drug-likeness (QED) is 0.182. The van der Waals surface area contributed by atoms with Crippen LogP contribution in [0.3, 0.4) is 0 Å². The first-order valence-electron chi connectivity index (χ1n) is 15.8. The molecule has 3 heterocycles. The number of fused-ring (bicyclic) bond motifs is 1. The fourth-order valence-electron chi connectivity index (χ4n) is 5.72. The number of unbranched alkanes of at least 4 members (excludes halogenated alkanes) is 1. The Balaban J connectivity index is 1.42. The number of para-hydroxylation sites is 1. The molecule has 2 N–H and O–H groups in total. The summed E-state index contributed by atoms with van der Waals surface area (Å²) in [6, 6.07) is 12.7. The van der Waals surface area contributed by atoms with E-state index in [0.717, 1.165) is 50.0 Å². The molecular formula is C33H43N7O4S. The van der Waals surface area contributed by atoms with E-state index in [2.05, 4.69) is 46.7 Å². The van der Waals surface area contributed by atoms with E-state index in [4.69, 9.17) is 9.72 Å². The topological polar surface area (TPSA) is 131 Å². The molecule has 0 aliphatic carbocycles. The lowest BCUT2D eigenvalue weighted by molar-refractivity contribution is -0.132. The van der Waals surface area contributed by atoms with Gasteiger partial charge in [0.25, 0.3) is 0 Å². The molecule has 1 fully saturated rings. The van der Waals surface area contributed by atoms with Crippen molar-refractivity contribution in [3.63, 3.8) is 0 Å². The molecule has 2 aromatic heterocycles. The number of ether oxygens (including phenoxy) is 1. The number of anilines is 4. The molecule has 1 aliphatic rings. The van der Waals surface area contributed by atoms with Crippen LogP contribution in [0.4, 0.5) is 23.3 Å². The van der Waals surface area contributed by atoms with Gasteiger partial charge in [-0.15, -0.1) is 0 Å². The van der Waals surface area contributed by atoms with Crippen molar-refractivity contribution in [1.82, 2.24) is 24.5 Å². The summed E-state index contributed by atoms with van der Waals surface area (Å²) in [5.74, 6) is 1.91. The highest BCUT2D eigenvalue weighted by Crippen LogP contribution is 2.38. The lowest BCUT2D eigenvalue weighted by atomic mass is 9.86. The largest absolute Gasteiger partial charge is 0.492 e. The maximum absolute atomic E-state index is 13.1. The second-order valence-electron chi connectivity index (χ2n) is 11.7. The minimum absolute atomic E-state index is 0.189. The highest BCUT2D eigenvalue weighted by molar-refractivity contribution is 7.92. The molecule has 0 unspecified atom stereocenters. The number of sulfone groups is 1. The van der Waals surface area contributed by atoms with Gasteiger partial charge in [0.05, 0.1) is 34.3 Å². The summed E-state index contributed by atoms with van der Waals surface area (Å²) in [6.07, 6.45) is 6.04. The van der Waals surface area contributed by atoms with E-state index >= 15 is 0 Å². The van der Waals surface area contributed by atoms with Gasteiger partial charge in [-0.1, -0.05) is 25.5 Å². The summed E-state index contributed by atoms with van der Waals surface area (Å²) in [5, 5.41) is 10.3. The van der Waals surface area contributed by atoms with E-state index in [1.54, 1.807) is 50.4 Å². The monoisotopic (exact) mass is 633 g/mol. The van der Waals surface area contributed by atoms with Crippen molar-refractivity contribution in [2.24, 2.45) is 0 Å². The first-order valence-corrected chi connectivity index (χ1v) is 17.3. The van der Waals surface area contributed by atoms with Gasteiger partial charge in [0, 0.05) is 25.6 Å². The van der Waals surface area contributed by atoms with Gasteiger partial charge in [0.2, 0.25) is 17.8 Å². The number of hydrogen-bond donors (Lipinski definition) is 2. The summed E-state index contributed by atoms with van der Waals surface area (Å²) in [6.45, 7) is 11.5. The number of nitrogens with zero attached hydrogens (tertiary/aromatic N) is 5. The van der Waals surface area contributed by atoms with E-state index in [1.165, 1.54) is 10.1 Å². The van der Waals surface area contributed by atoms with Crippen LogP contribution in [0, 0.1) is 6.92 Å². The van der Waals surface area contributed by atoms with Crippen LogP contribution in [-0.4, -0.2) is 63.8 Å². The van der Waals surface area contributed by atoms with Gasteiger partial charge in [-0.2, -0.15) is 19.6 Å². The Morgan fingerprint density at radius 2 is 1.80 bits per heavy atom. The van der Waals surface area contributed by atoms with Crippen LogP contribution in [0.1, 0.15) is 76.8 Å². The van der Waals surface area contributed by atoms with Crippen molar-refractivity contribution in [3.05, 3.63) is 59.8 Å². The number of hydrogen-bond acceptors (Lipinski definition) is 9. The van der Waals surface area contributed by atoms with Crippen LogP contribution in [0.2, 0.25) is 0 Å². The molecule has 1 saturated heterocycles. The molecule has 12 heteroatoms. The standard InChI is InChI=1S/C33H43N7O4S/c1-6-8-13-31(41)39-18-15-24(16-19-39)25-21-28(44-7-2)27(20-23(25)5)35-32-37-30-14-17-34-40(30)33(38-32)36-26-11-9-10-12-29(26)45(42,43)22(3)4/h9-12,14,17,20-22,24H,6-8,13,15-16,18-19H2,1-5H3,(H2,35,36,37,38). The van der Waals surface area contributed by atoms with Crippen LogP contribution in [-0.2, 0) is 14.6 Å². The summed E-state index contributed by atoms with van der Waals surface area (Å²) in [4.78, 5) is 24.1. The van der Waals surface area contributed by atoms with Gasteiger partial charge in [-0.05, 0) is 88.3 Å². The molecule has 0 saturated carbocycles. The number of aryl methyl sites for hydroxylation is 1. The summed E-state index contributed by atoms with van der Waals surface area (Å²) < 4.78 is 33.8. The fraction of sp³-hybridized carbons (Fsp3) is 0.455. The summed E-state index contributed by atoms with van der Waals surface area (Å²) in [7, 11) is -3.55. The van der Waals surface area contributed by atoms with Crippen molar-refractivity contribution in [1.29, 1.82) is 0 Å². The van der Waals surface area contributed by atoms with Crippen molar-refractivity contribution in [3.8, 4) is 5.75 Å². The molecule has 1 amide bonds. The van der Waals surface area contributed by atoms with Gasteiger partial charge < -0.3 is 20.3 Å². The second kappa shape index (κ2) is 13.8. The van der Waals surface area contributed by atoms with Gasteiger partial charge in [0.15, 0.2) is 15.5 Å². The highest BCUT2D eigenvalue weighted by Gasteiger charge is 2.26. The lowest BCUT2D eigenvalue weighted by Crippen LogP contribution is -2.37. The Bertz CT molecular complexity index is 1760. The number of rotatable bonds is 12. The molecule has 45 heavy (non-hydrogen) atoms. The highest BCUT2D eigenvalue weighted by atomic mass is 32.2. The average molecular weight is 634 g/mol. The van der Waals surface area contributed by atoms with E-state index < -0.39 is 15.1 Å². The SMILES string of the molecule is CCCCC(=O)N1CCC(c2cc(OCC)c(Nc3nc(Nc4ccccc4S(=O)(=O)C(C)C)n4nccc4n3)cc2C)CC1. The van der Waals surface area contributed by atoms with Crippen molar-refractivity contribution < 1.29 is 17.9 Å². The number of benzene rings is 2. The van der Waals surface area contributed by atoms with Gasteiger partial charge >= 0.3 is 0 Å². The summed E-state index contributed by atoms with van der Waals surface area (Å²) >= 11 is 0. The Morgan fingerprint density at radius 3 is 2.51 bits per heavy atom. The molecule has 11 nitrogen and oxygen atoms in total. The zero-order valence-electron chi connectivity index (χ0n) is 26.7. The number of carbonyl (C=O) groups is 1. The molecule has 4 aromatic rings. The van der Waals surface area contributed by atoms with E-state index in [0.29, 0.717) is 47.9 Å². The number of carbonyl (C=O) groups excluding carboxylic acids is 1. The molecule has 0 bridgehead atoms. The van der Waals surface area contributed by atoms with E-state index in [1.807, 2.05) is 11.8 Å². The zero-order chi connectivity index (χ0) is 32.1. The van der Waals surface area contributed by atoms with Crippen LogP contribution in [0.5, 0.6) is 5.75 Å². The van der Waals surface area contributed by atoms with Gasteiger partial charge in [-0.3, -0.25) is 4.79 Å². The number of nitrogens with one attached hydrogen (secondary N) is 2. The van der Waals surface area contributed by atoms with Gasteiger partial charge in [-0.25, -0.2) is 8.42 Å². The Hall–Kier alpha value is -4.19. The van der Waals surface area contributed by atoms with E-state index in [9.17, 15) is 13.2 Å². The summed E-state index contributed by atoms with van der Waals surface area (Å²) in [5.41, 5.74) is 4.00. The molecule has 0 atom stereocenters. The van der Waals surface area contributed by atoms with E-state index in [-0.39, 0.29) is 10.8 Å². The third-order valence-corrected chi connectivity index (χ3v) is 10.5. The van der Waals surface area contributed by atoms with Crippen LogP contribution < -0.4 is 15.4 Å². The predicted octanol–water partition coefficient (Wildman–Crippen LogP) is 6.40. The number of likely N-dealkylation sites (tertiary alicyclic amines) is 1. The Kier molecular flexibility index (Phi) is 9.91. The lowest BCUT2D eigenvalue weighted by Gasteiger charge is -2.33. The van der Waals surface area contributed by atoms with Crippen LogP contribution in [0.15, 0.2) is 53.6 Å². The van der Waals surface area contributed by atoms with Crippen molar-refractivity contribution in [2.75, 3.05) is 30.3 Å². The fourth-order valence-corrected chi connectivity index (χ4v) is 6.92. The number of amides is 1. The minimum Gasteiger partial charge on any atom is -0.492 e. The first-order chi connectivity index (χ1) is 21.6. The second-order valence-corrected chi connectivity index (χ2v) is 14.2. The maximum Gasteiger partial charge on any atom is 0.233 e. The first kappa shape index (κ1) is 32.2. The molecule has 240 valence electrons. The average Bonchev–Trinajstić information content (AvgIpc) is 3.50. The minimum atomic E-state index is -3.55. The Morgan fingerprint density at radius 1 is 1.04 bits per heavy atom. The van der Waals surface area contributed by atoms with Crippen LogP contribution >= 0.6 is 0 Å². The molecule has 2 aromatic carbocycles.